The summed E-state index contributed by atoms with van der Waals surface area (Å²) in [6.45, 7) is 0. The Bertz CT molecular complexity index is 354. The highest BCUT2D eigenvalue weighted by molar-refractivity contribution is 5.76. The average Bonchev–Trinajstić information content (AvgIpc) is 2.90. The Hall–Kier alpha value is -1.29. The normalized spacial score (nSPS) is 23.8. The Morgan fingerprint density at radius 2 is 2.06 bits per heavy atom. The fourth-order valence-corrected chi connectivity index (χ4v) is 2.52. The van der Waals surface area contributed by atoms with Crippen molar-refractivity contribution in [1.29, 1.82) is 0 Å². The number of amides is 1. The number of carbonyl (C=O) groups excluding carboxylic acids is 1. The van der Waals surface area contributed by atoms with Gasteiger partial charge in [-0.2, -0.15) is 0 Å². The van der Waals surface area contributed by atoms with E-state index < -0.39 is 0 Å². The molecule has 4 nitrogen and oxygen atoms in total. The summed E-state index contributed by atoms with van der Waals surface area (Å²) >= 11 is 0. The van der Waals surface area contributed by atoms with Crippen molar-refractivity contribution in [1.82, 2.24) is 10.6 Å². The predicted octanol–water partition coefficient (Wildman–Crippen LogP) is 1.86. The molecule has 2 rings (SSSR count). The zero-order valence-corrected chi connectivity index (χ0v) is 10.9. The lowest BCUT2D eigenvalue weighted by atomic mass is 9.91. The Morgan fingerprint density at radius 3 is 2.67 bits per heavy atom. The van der Waals surface area contributed by atoms with Crippen LogP contribution in [0.15, 0.2) is 22.8 Å². The van der Waals surface area contributed by atoms with Crippen LogP contribution in [0, 0.1) is 0 Å². The molecule has 1 aromatic heterocycles. The summed E-state index contributed by atoms with van der Waals surface area (Å²) in [5.41, 5.74) is 0. The summed E-state index contributed by atoms with van der Waals surface area (Å²) in [6, 6.07) is 4.75. The van der Waals surface area contributed by atoms with Crippen LogP contribution in [0.3, 0.4) is 0 Å². The van der Waals surface area contributed by atoms with E-state index in [-0.39, 0.29) is 5.91 Å². The monoisotopic (exact) mass is 250 g/mol. The maximum absolute atomic E-state index is 11.8. The van der Waals surface area contributed by atoms with E-state index in [1.165, 1.54) is 0 Å². The van der Waals surface area contributed by atoms with Crippen LogP contribution >= 0.6 is 0 Å². The molecule has 1 fully saturated rings. The maximum atomic E-state index is 11.8. The Morgan fingerprint density at radius 1 is 1.33 bits per heavy atom. The molecule has 0 aliphatic heterocycles. The molecular weight excluding hydrogens is 228 g/mol. The third-order valence-corrected chi connectivity index (χ3v) is 3.68. The van der Waals surface area contributed by atoms with E-state index in [9.17, 15) is 4.79 Å². The molecule has 0 unspecified atom stereocenters. The highest BCUT2D eigenvalue weighted by Crippen LogP contribution is 2.18. The number of aryl methyl sites for hydroxylation is 1. The second kappa shape index (κ2) is 6.59. The molecule has 0 atom stereocenters. The minimum Gasteiger partial charge on any atom is -0.469 e. The van der Waals surface area contributed by atoms with Crippen LogP contribution in [0.1, 0.15) is 37.9 Å². The Balaban J connectivity index is 1.65. The summed E-state index contributed by atoms with van der Waals surface area (Å²) < 4.78 is 5.21. The first-order valence-electron chi connectivity index (χ1n) is 6.77. The molecule has 1 heterocycles. The van der Waals surface area contributed by atoms with Gasteiger partial charge in [-0.25, -0.2) is 0 Å². The van der Waals surface area contributed by atoms with Gasteiger partial charge in [0.05, 0.1) is 6.26 Å². The first kappa shape index (κ1) is 13.1. The molecule has 0 saturated heterocycles. The quantitative estimate of drug-likeness (QED) is 0.838. The topological polar surface area (TPSA) is 54.3 Å². The number of furan rings is 1. The van der Waals surface area contributed by atoms with Gasteiger partial charge in [-0.1, -0.05) is 0 Å². The largest absolute Gasteiger partial charge is 0.469 e. The van der Waals surface area contributed by atoms with Gasteiger partial charge in [0.15, 0.2) is 0 Å². The van der Waals surface area contributed by atoms with Crippen LogP contribution in [-0.4, -0.2) is 25.0 Å². The van der Waals surface area contributed by atoms with Crippen molar-refractivity contribution in [2.45, 2.75) is 50.6 Å². The summed E-state index contributed by atoms with van der Waals surface area (Å²) in [7, 11) is 2.01. The van der Waals surface area contributed by atoms with Gasteiger partial charge in [-0.15, -0.1) is 0 Å². The molecule has 0 spiro atoms. The van der Waals surface area contributed by atoms with Gasteiger partial charge in [-0.3, -0.25) is 4.79 Å². The average molecular weight is 250 g/mol. The lowest BCUT2D eigenvalue weighted by Crippen LogP contribution is -2.41. The first-order chi connectivity index (χ1) is 8.78. The van der Waals surface area contributed by atoms with Crippen LogP contribution < -0.4 is 10.6 Å². The molecule has 100 valence electrons. The minimum atomic E-state index is 0.138. The third-order valence-electron chi connectivity index (χ3n) is 3.68. The van der Waals surface area contributed by atoms with Gasteiger partial charge in [0.25, 0.3) is 0 Å². The summed E-state index contributed by atoms with van der Waals surface area (Å²) in [5.74, 6) is 1.02. The fraction of sp³-hybridized carbons (Fsp3) is 0.643. The van der Waals surface area contributed by atoms with Crippen LogP contribution in [-0.2, 0) is 11.2 Å². The Kier molecular flexibility index (Phi) is 4.81. The molecule has 1 aliphatic carbocycles. The highest BCUT2D eigenvalue weighted by Gasteiger charge is 2.21. The van der Waals surface area contributed by atoms with Gasteiger partial charge in [0, 0.05) is 24.9 Å². The fourth-order valence-electron chi connectivity index (χ4n) is 2.52. The molecule has 1 amide bonds. The van der Waals surface area contributed by atoms with E-state index in [0.29, 0.717) is 24.9 Å². The third kappa shape index (κ3) is 3.88. The number of carbonyl (C=O) groups is 1. The van der Waals surface area contributed by atoms with Crippen LogP contribution in [0.2, 0.25) is 0 Å². The zero-order chi connectivity index (χ0) is 12.8. The lowest BCUT2D eigenvalue weighted by Gasteiger charge is -2.28. The van der Waals surface area contributed by atoms with Gasteiger partial charge in [-0.05, 0) is 44.9 Å². The van der Waals surface area contributed by atoms with E-state index in [4.69, 9.17) is 4.42 Å². The lowest BCUT2D eigenvalue weighted by molar-refractivity contribution is -0.122. The van der Waals surface area contributed by atoms with Crippen LogP contribution in [0.25, 0.3) is 0 Å². The Labute approximate surface area is 108 Å². The number of hydrogen-bond acceptors (Lipinski definition) is 3. The predicted molar refractivity (Wildman–Crippen MR) is 70.3 cm³/mol. The first-order valence-corrected chi connectivity index (χ1v) is 6.77. The highest BCUT2D eigenvalue weighted by atomic mass is 16.3. The van der Waals surface area contributed by atoms with Crippen molar-refractivity contribution in [2.75, 3.05) is 7.05 Å². The van der Waals surface area contributed by atoms with E-state index >= 15 is 0 Å². The van der Waals surface area contributed by atoms with Gasteiger partial charge in [0.1, 0.15) is 5.76 Å². The van der Waals surface area contributed by atoms with E-state index in [1.54, 1.807) is 6.26 Å². The van der Waals surface area contributed by atoms with Crippen LogP contribution in [0.4, 0.5) is 0 Å². The van der Waals surface area contributed by atoms with Crippen molar-refractivity contribution in [3.8, 4) is 0 Å². The van der Waals surface area contributed by atoms with Crippen molar-refractivity contribution < 1.29 is 9.21 Å². The van der Waals surface area contributed by atoms with Crippen LogP contribution in [0.5, 0.6) is 0 Å². The summed E-state index contributed by atoms with van der Waals surface area (Å²) in [5, 5.41) is 6.41. The molecular formula is C14H22N2O2. The van der Waals surface area contributed by atoms with Gasteiger partial charge >= 0.3 is 0 Å². The molecule has 0 bridgehead atoms. The second-order valence-electron chi connectivity index (χ2n) is 4.98. The zero-order valence-electron chi connectivity index (χ0n) is 10.9. The molecule has 4 heteroatoms. The number of rotatable bonds is 5. The molecule has 2 N–H and O–H groups in total. The van der Waals surface area contributed by atoms with Crippen molar-refractivity contribution >= 4 is 5.91 Å². The van der Waals surface area contributed by atoms with E-state index in [0.717, 1.165) is 31.4 Å². The maximum Gasteiger partial charge on any atom is 0.220 e. The number of nitrogens with one attached hydrogen (secondary N) is 2. The van der Waals surface area contributed by atoms with Crippen molar-refractivity contribution in [3.05, 3.63) is 24.2 Å². The molecule has 0 aromatic carbocycles. The van der Waals surface area contributed by atoms with Crippen molar-refractivity contribution in [2.24, 2.45) is 0 Å². The smallest absolute Gasteiger partial charge is 0.220 e. The standard InChI is InChI=1S/C14H22N2O2/c1-15-11-4-6-12(7-5-11)16-14(17)9-8-13-3-2-10-18-13/h2-3,10-12,15H,4-9H2,1H3,(H,16,17). The van der Waals surface area contributed by atoms with E-state index in [2.05, 4.69) is 10.6 Å². The molecule has 1 saturated carbocycles. The number of hydrogen-bond donors (Lipinski definition) is 2. The molecule has 0 radical (unpaired) electrons. The van der Waals surface area contributed by atoms with Gasteiger partial charge in [0.2, 0.25) is 5.91 Å². The minimum absolute atomic E-state index is 0.138. The van der Waals surface area contributed by atoms with E-state index in [1.807, 2.05) is 19.2 Å². The molecule has 18 heavy (non-hydrogen) atoms. The second-order valence-corrected chi connectivity index (χ2v) is 4.98. The summed E-state index contributed by atoms with van der Waals surface area (Å²) in [6.07, 6.45) is 7.31. The SMILES string of the molecule is CNC1CCC(NC(=O)CCc2ccco2)CC1. The van der Waals surface area contributed by atoms with Gasteiger partial charge < -0.3 is 15.1 Å². The summed E-state index contributed by atoms with van der Waals surface area (Å²) in [4.78, 5) is 11.8. The molecule has 1 aliphatic rings. The van der Waals surface area contributed by atoms with Crippen molar-refractivity contribution in [3.63, 3.8) is 0 Å². The molecule has 1 aromatic rings.